The highest BCUT2D eigenvalue weighted by Crippen LogP contribution is 2.43. The summed E-state index contributed by atoms with van der Waals surface area (Å²) in [5, 5.41) is 28.7. The fraction of sp³-hybridized carbons (Fsp3) is 0.312. The Hall–Kier alpha value is -4.03. The number of ether oxygens (including phenoxy) is 2. The molecular weight excluding hydrogens is 568 g/mol. The Labute approximate surface area is 253 Å². The first-order chi connectivity index (χ1) is 20.9. The van der Waals surface area contributed by atoms with Crippen LogP contribution in [0.5, 0.6) is 0 Å². The topological polar surface area (TPSA) is 147 Å². The van der Waals surface area contributed by atoms with Gasteiger partial charge in [-0.25, -0.2) is 4.98 Å². The molecule has 1 amide bonds. The lowest BCUT2D eigenvalue weighted by atomic mass is 9.91. The van der Waals surface area contributed by atoms with Crippen molar-refractivity contribution in [3.05, 3.63) is 101 Å². The molecule has 0 saturated carbocycles. The van der Waals surface area contributed by atoms with E-state index in [1.807, 2.05) is 72.8 Å². The number of nitrogens with one attached hydrogen (secondary N) is 2. The molecule has 1 aromatic heterocycles. The minimum Gasteiger partial charge on any atom is -0.481 e. The number of H-pyrrole nitrogens is 1. The van der Waals surface area contributed by atoms with E-state index in [1.165, 1.54) is 6.33 Å². The number of aromatic nitrogens is 3. The summed E-state index contributed by atoms with van der Waals surface area (Å²) in [6.07, 6.45) is 0.262. The van der Waals surface area contributed by atoms with E-state index in [9.17, 15) is 14.7 Å². The summed E-state index contributed by atoms with van der Waals surface area (Å²) in [4.78, 5) is 27.1. The average Bonchev–Trinajstić information content (AvgIpc) is 3.56. The molecule has 43 heavy (non-hydrogen) atoms. The predicted molar refractivity (Wildman–Crippen MR) is 161 cm³/mol. The molecular formula is C32H34N4O6S. The number of hydrogen-bond acceptors (Lipinski definition) is 8. The van der Waals surface area contributed by atoms with Gasteiger partial charge in [-0.3, -0.25) is 14.7 Å². The lowest BCUT2D eigenvalue weighted by Crippen LogP contribution is -2.38. The minimum atomic E-state index is -0.998. The molecule has 4 atom stereocenters. The molecule has 4 N–H and O–H groups in total. The Morgan fingerprint density at radius 1 is 0.977 bits per heavy atom. The van der Waals surface area contributed by atoms with Crippen molar-refractivity contribution in [2.45, 2.75) is 56.6 Å². The Morgan fingerprint density at radius 2 is 1.72 bits per heavy atom. The highest BCUT2D eigenvalue weighted by molar-refractivity contribution is 7.99. The largest absolute Gasteiger partial charge is 0.481 e. The van der Waals surface area contributed by atoms with Crippen LogP contribution in [0.1, 0.15) is 54.4 Å². The standard InChI is InChI=1S/C32H34N4O6S/c1-20-27(18-43-32-34-19-35-36-32)41-31(42-30(20)23-8-6-21(17-37)7-9-23)24-12-10-22(11-13-24)26-5-3-2-4-25(26)16-33-28(38)14-15-29(39)40/h2-13,19-20,27,30-31,37H,14-18H2,1H3,(H,33,38)(H,39,40)(H,34,35,36)/t20-,27+,30+,31+/m0/s1. The van der Waals surface area contributed by atoms with Gasteiger partial charge >= 0.3 is 5.97 Å². The third-order valence-corrected chi connectivity index (χ3v) is 8.42. The number of carbonyl (C=O) groups excluding carboxylic acids is 1. The van der Waals surface area contributed by atoms with Crippen molar-refractivity contribution in [2.24, 2.45) is 5.92 Å². The molecule has 0 aliphatic carbocycles. The van der Waals surface area contributed by atoms with Crippen molar-refractivity contribution in [3.8, 4) is 11.1 Å². The second-order valence-corrected chi connectivity index (χ2v) is 11.4. The molecule has 224 valence electrons. The quantitative estimate of drug-likeness (QED) is 0.164. The number of aliphatic carboxylic acids is 1. The molecule has 0 unspecified atom stereocenters. The number of aromatic amines is 1. The molecule has 0 spiro atoms. The monoisotopic (exact) mass is 602 g/mol. The molecule has 4 aromatic rings. The van der Waals surface area contributed by atoms with E-state index in [0.29, 0.717) is 12.3 Å². The fourth-order valence-corrected chi connectivity index (χ4v) is 5.96. The Balaban J connectivity index is 1.33. The minimum absolute atomic E-state index is 0.0177. The van der Waals surface area contributed by atoms with Crippen molar-refractivity contribution < 1.29 is 29.3 Å². The summed E-state index contributed by atoms with van der Waals surface area (Å²) in [5.74, 6) is -0.597. The summed E-state index contributed by atoms with van der Waals surface area (Å²) in [6, 6.07) is 23.6. The summed E-state index contributed by atoms with van der Waals surface area (Å²) in [7, 11) is 0. The number of carbonyl (C=O) groups is 2. The van der Waals surface area contributed by atoms with Crippen molar-refractivity contribution in [1.82, 2.24) is 20.5 Å². The summed E-state index contributed by atoms with van der Waals surface area (Å²) in [6.45, 7) is 2.40. The van der Waals surface area contributed by atoms with E-state index in [-0.39, 0.29) is 43.5 Å². The van der Waals surface area contributed by atoms with Gasteiger partial charge in [-0.2, -0.15) is 5.10 Å². The maximum Gasteiger partial charge on any atom is 0.303 e. The van der Waals surface area contributed by atoms with Gasteiger partial charge in [0.25, 0.3) is 0 Å². The van der Waals surface area contributed by atoms with Gasteiger partial charge in [-0.05, 0) is 27.8 Å². The number of aliphatic hydroxyl groups is 1. The highest BCUT2D eigenvalue weighted by atomic mass is 32.2. The molecule has 11 heteroatoms. The SMILES string of the molecule is C[C@H]1[C@@H](CSc2ncn[nH]2)O[C@@H](c2ccc(-c3ccccc3CNC(=O)CCC(=O)O)cc2)O[C@H]1c1ccc(CO)cc1. The number of thioether (sulfide) groups is 1. The van der Waals surface area contributed by atoms with E-state index in [0.717, 1.165) is 38.5 Å². The third-order valence-electron chi connectivity index (χ3n) is 7.45. The van der Waals surface area contributed by atoms with Gasteiger partial charge in [-0.15, -0.1) is 0 Å². The molecule has 5 rings (SSSR count). The first-order valence-electron chi connectivity index (χ1n) is 14.1. The smallest absolute Gasteiger partial charge is 0.303 e. The van der Waals surface area contributed by atoms with Gasteiger partial charge in [-0.1, -0.05) is 91.5 Å². The van der Waals surface area contributed by atoms with Crippen LogP contribution in [0.15, 0.2) is 84.3 Å². The van der Waals surface area contributed by atoms with E-state index < -0.39 is 12.3 Å². The number of carboxylic acids is 1. The van der Waals surface area contributed by atoms with Crippen LogP contribution in [0.4, 0.5) is 0 Å². The lowest BCUT2D eigenvalue weighted by Gasteiger charge is -2.41. The van der Waals surface area contributed by atoms with Crippen LogP contribution in [-0.4, -0.2) is 49.1 Å². The molecule has 1 aliphatic rings. The van der Waals surface area contributed by atoms with Crippen LogP contribution in [0, 0.1) is 5.92 Å². The van der Waals surface area contributed by atoms with Crippen LogP contribution in [-0.2, 0) is 32.2 Å². The molecule has 1 aliphatic heterocycles. The number of aliphatic hydroxyl groups excluding tert-OH is 1. The molecule has 3 aromatic carbocycles. The molecule has 0 radical (unpaired) electrons. The van der Waals surface area contributed by atoms with Gasteiger partial charge in [0.15, 0.2) is 11.4 Å². The van der Waals surface area contributed by atoms with Crippen LogP contribution < -0.4 is 5.32 Å². The first-order valence-corrected chi connectivity index (χ1v) is 15.1. The number of amides is 1. The first kappa shape index (κ1) is 30.4. The van der Waals surface area contributed by atoms with Gasteiger partial charge in [0, 0.05) is 30.2 Å². The normalized spacial score (nSPS) is 20.0. The maximum atomic E-state index is 12.1. The Kier molecular flexibility index (Phi) is 10.2. The zero-order chi connectivity index (χ0) is 30.2. The van der Waals surface area contributed by atoms with Gasteiger partial charge < -0.3 is 25.0 Å². The molecule has 1 fully saturated rings. The van der Waals surface area contributed by atoms with Crippen LogP contribution in [0.2, 0.25) is 0 Å². The van der Waals surface area contributed by atoms with Crippen molar-refractivity contribution in [3.63, 3.8) is 0 Å². The van der Waals surface area contributed by atoms with Crippen molar-refractivity contribution in [1.29, 1.82) is 0 Å². The molecule has 10 nitrogen and oxygen atoms in total. The van der Waals surface area contributed by atoms with Crippen molar-refractivity contribution >= 4 is 23.6 Å². The predicted octanol–water partition coefficient (Wildman–Crippen LogP) is 5.03. The number of carboxylic acid groups (broad SMARTS) is 1. The van der Waals surface area contributed by atoms with Crippen LogP contribution >= 0.6 is 11.8 Å². The lowest BCUT2D eigenvalue weighted by molar-refractivity contribution is -0.268. The third kappa shape index (κ3) is 7.88. The van der Waals surface area contributed by atoms with Crippen molar-refractivity contribution in [2.75, 3.05) is 5.75 Å². The molecule has 2 heterocycles. The van der Waals surface area contributed by atoms with E-state index in [1.54, 1.807) is 11.8 Å². The Bertz CT molecular complexity index is 1500. The van der Waals surface area contributed by atoms with E-state index in [4.69, 9.17) is 14.6 Å². The summed E-state index contributed by atoms with van der Waals surface area (Å²) in [5.41, 5.74) is 5.60. The fourth-order valence-electron chi connectivity index (χ4n) is 5.01. The number of rotatable bonds is 12. The van der Waals surface area contributed by atoms with E-state index in [2.05, 4.69) is 27.4 Å². The second-order valence-electron chi connectivity index (χ2n) is 10.4. The zero-order valence-corrected chi connectivity index (χ0v) is 24.5. The highest BCUT2D eigenvalue weighted by Gasteiger charge is 2.38. The second kappa shape index (κ2) is 14.4. The zero-order valence-electron chi connectivity index (χ0n) is 23.7. The summed E-state index contributed by atoms with van der Waals surface area (Å²) < 4.78 is 13.1. The van der Waals surface area contributed by atoms with E-state index >= 15 is 0 Å². The van der Waals surface area contributed by atoms with Crippen LogP contribution in [0.25, 0.3) is 11.1 Å². The number of nitrogens with zero attached hydrogens (tertiary/aromatic N) is 2. The summed E-state index contributed by atoms with van der Waals surface area (Å²) >= 11 is 1.55. The molecule has 0 bridgehead atoms. The number of benzene rings is 3. The van der Waals surface area contributed by atoms with Gasteiger partial charge in [0.1, 0.15) is 6.33 Å². The maximum absolute atomic E-state index is 12.1. The van der Waals surface area contributed by atoms with Crippen LogP contribution in [0.3, 0.4) is 0 Å². The number of hydrogen-bond donors (Lipinski definition) is 4. The average molecular weight is 603 g/mol. The Morgan fingerprint density at radius 3 is 2.42 bits per heavy atom. The van der Waals surface area contributed by atoms with Gasteiger partial charge in [0.05, 0.1) is 25.2 Å². The van der Waals surface area contributed by atoms with Gasteiger partial charge in [0.2, 0.25) is 5.91 Å². The molecule has 1 saturated heterocycles.